The molecular weight excluding hydrogens is 279 g/mol. The van der Waals surface area contributed by atoms with Crippen molar-refractivity contribution in [2.75, 3.05) is 5.88 Å². The van der Waals surface area contributed by atoms with Crippen molar-refractivity contribution in [1.82, 2.24) is 5.32 Å². The van der Waals surface area contributed by atoms with E-state index in [1.54, 1.807) is 19.9 Å². The van der Waals surface area contributed by atoms with Crippen LogP contribution in [0.1, 0.15) is 31.0 Å². The van der Waals surface area contributed by atoms with E-state index >= 15 is 0 Å². The predicted molar refractivity (Wildman–Crippen MR) is 67.9 cm³/mol. The molecule has 1 aromatic carbocycles. The van der Waals surface area contributed by atoms with Crippen LogP contribution in [0.25, 0.3) is 0 Å². The first-order valence-corrected chi connectivity index (χ1v) is 6.32. The van der Waals surface area contributed by atoms with Crippen molar-refractivity contribution in [1.29, 1.82) is 0 Å². The van der Waals surface area contributed by atoms with Gasteiger partial charge in [0.25, 0.3) is 0 Å². The first-order valence-electron chi connectivity index (χ1n) is 5.79. The lowest BCUT2D eigenvalue weighted by atomic mass is 10.0. The number of alkyl halides is 4. The zero-order valence-electron chi connectivity index (χ0n) is 10.6. The highest BCUT2D eigenvalue weighted by atomic mass is 35.5. The molecule has 0 aliphatic carbocycles. The monoisotopic (exact) mass is 293 g/mol. The topological polar surface area (TPSA) is 29.1 Å². The maximum atomic E-state index is 12.6. The first kappa shape index (κ1) is 15.8. The lowest BCUT2D eigenvalue weighted by Crippen LogP contribution is -2.32. The molecule has 0 aliphatic heterocycles. The molecule has 1 N–H and O–H groups in total. The number of hydrogen-bond acceptors (Lipinski definition) is 1. The summed E-state index contributed by atoms with van der Waals surface area (Å²) in [5.41, 5.74) is -0.318. The van der Waals surface area contributed by atoms with E-state index in [-0.39, 0.29) is 17.7 Å². The average Bonchev–Trinajstić information content (AvgIpc) is 2.36. The van der Waals surface area contributed by atoms with Gasteiger partial charge >= 0.3 is 6.18 Å². The summed E-state index contributed by atoms with van der Waals surface area (Å²) in [6.45, 7) is 3.29. The van der Waals surface area contributed by atoms with E-state index in [9.17, 15) is 18.0 Å². The zero-order chi connectivity index (χ0) is 14.6. The molecule has 0 fully saturated rings. The minimum Gasteiger partial charge on any atom is -0.349 e. The van der Waals surface area contributed by atoms with E-state index in [4.69, 9.17) is 11.6 Å². The number of nitrogens with one attached hydrogen (secondary N) is 1. The highest BCUT2D eigenvalue weighted by Crippen LogP contribution is 2.30. The van der Waals surface area contributed by atoms with Crippen molar-refractivity contribution >= 4 is 17.5 Å². The van der Waals surface area contributed by atoms with Crippen LogP contribution in [-0.2, 0) is 11.0 Å². The highest BCUT2D eigenvalue weighted by molar-refractivity contribution is 6.19. The van der Waals surface area contributed by atoms with Crippen molar-refractivity contribution in [3.63, 3.8) is 0 Å². The van der Waals surface area contributed by atoms with Gasteiger partial charge in [-0.25, -0.2) is 0 Å². The van der Waals surface area contributed by atoms with Gasteiger partial charge in [-0.2, -0.15) is 13.2 Å². The second-order valence-corrected chi connectivity index (χ2v) is 4.72. The molecule has 2 atom stereocenters. The summed E-state index contributed by atoms with van der Waals surface area (Å²) in [7, 11) is 0. The molecule has 1 amide bonds. The van der Waals surface area contributed by atoms with E-state index in [2.05, 4.69) is 5.32 Å². The van der Waals surface area contributed by atoms with Gasteiger partial charge in [0, 0.05) is 11.8 Å². The summed E-state index contributed by atoms with van der Waals surface area (Å²) in [5.74, 6) is -0.490. The van der Waals surface area contributed by atoms with Crippen LogP contribution in [0.3, 0.4) is 0 Å². The summed E-state index contributed by atoms with van der Waals surface area (Å²) in [5, 5.41) is 2.63. The number of hydrogen-bond donors (Lipinski definition) is 1. The molecule has 0 bridgehead atoms. The van der Waals surface area contributed by atoms with Crippen LogP contribution in [0.15, 0.2) is 24.3 Å². The molecule has 0 radical (unpaired) electrons. The standard InChI is InChI=1S/C13H15ClF3NO/c1-8(7-14)12(19)18-9(2)10-4-3-5-11(6-10)13(15,16)17/h3-6,8-9H,7H2,1-2H3,(H,18,19). The molecule has 0 aliphatic rings. The Morgan fingerprint density at radius 1 is 1.37 bits per heavy atom. The van der Waals surface area contributed by atoms with E-state index < -0.39 is 17.8 Å². The van der Waals surface area contributed by atoms with Gasteiger partial charge in [0.1, 0.15) is 0 Å². The Labute approximate surface area is 114 Å². The van der Waals surface area contributed by atoms with E-state index in [1.165, 1.54) is 6.07 Å². The van der Waals surface area contributed by atoms with Crippen LogP contribution in [0.2, 0.25) is 0 Å². The SMILES string of the molecule is CC(CCl)C(=O)NC(C)c1cccc(C(F)(F)F)c1. The average molecular weight is 294 g/mol. The van der Waals surface area contributed by atoms with Gasteiger partial charge < -0.3 is 5.32 Å². The van der Waals surface area contributed by atoms with Gasteiger partial charge in [0.15, 0.2) is 0 Å². The maximum Gasteiger partial charge on any atom is 0.416 e. The molecule has 0 heterocycles. The largest absolute Gasteiger partial charge is 0.416 e. The second-order valence-electron chi connectivity index (χ2n) is 4.41. The highest BCUT2D eigenvalue weighted by Gasteiger charge is 2.30. The van der Waals surface area contributed by atoms with Crippen LogP contribution >= 0.6 is 11.6 Å². The van der Waals surface area contributed by atoms with E-state index in [0.29, 0.717) is 5.56 Å². The fraction of sp³-hybridized carbons (Fsp3) is 0.462. The maximum absolute atomic E-state index is 12.6. The number of amides is 1. The summed E-state index contributed by atoms with van der Waals surface area (Å²) in [4.78, 5) is 11.6. The molecular formula is C13H15ClF3NO. The van der Waals surface area contributed by atoms with Crippen LogP contribution in [0.4, 0.5) is 13.2 Å². The smallest absolute Gasteiger partial charge is 0.349 e. The normalized spacial score (nSPS) is 14.8. The molecule has 2 unspecified atom stereocenters. The van der Waals surface area contributed by atoms with Gasteiger partial charge in [0.2, 0.25) is 5.91 Å². The first-order chi connectivity index (χ1) is 8.75. The number of carbonyl (C=O) groups is 1. The Hall–Kier alpha value is -1.23. The number of halogens is 4. The van der Waals surface area contributed by atoms with Gasteiger partial charge in [-0.15, -0.1) is 11.6 Å². The quantitative estimate of drug-likeness (QED) is 0.842. The summed E-state index contributed by atoms with van der Waals surface area (Å²) in [6, 6.07) is 4.41. The van der Waals surface area contributed by atoms with Crippen molar-refractivity contribution in [2.45, 2.75) is 26.1 Å². The molecule has 1 rings (SSSR count). The van der Waals surface area contributed by atoms with Gasteiger partial charge in [-0.1, -0.05) is 19.1 Å². The third-order valence-corrected chi connectivity index (χ3v) is 3.21. The number of carbonyl (C=O) groups excluding carboxylic acids is 1. The third-order valence-electron chi connectivity index (χ3n) is 2.75. The second kappa shape index (κ2) is 6.28. The van der Waals surface area contributed by atoms with Crippen LogP contribution in [0.5, 0.6) is 0 Å². The van der Waals surface area contributed by atoms with E-state index in [1.807, 2.05) is 0 Å². The van der Waals surface area contributed by atoms with Crippen molar-refractivity contribution in [2.24, 2.45) is 5.92 Å². The Kier molecular flexibility index (Phi) is 5.23. The molecule has 19 heavy (non-hydrogen) atoms. The van der Waals surface area contributed by atoms with Crippen molar-refractivity contribution < 1.29 is 18.0 Å². The van der Waals surface area contributed by atoms with E-state index in [0.717, 1.165) is 12.1 Å². The Balaban J connectivity index is 2.83. The minimum absolute atomic E-state index is 0.168. The Bertz CT molecular complexity index is 448. The Morgan fingerprint density at radius 2 is 2.00 bits per heavy atom. The van der Waals surface area contributed by atoms with Gasteiger partial charge in [-0.05, 0) is 24.6 Å². The minimum atomic E-state index is -4.39. The summed E-state index contributed by atoms with van der Waals surface area (Å²) >= 11 is 5.55. The molecule has 6 heteroatoms. The van der Waals surface area contributed by atoms with Gasteiger partial charge in [-0.3, -0.25) is 4.79 Å². The lowest BCUT2D eigenvalue weighted by molar-refractivity contribution is -0.137. The van der Waals surface area contributed by atoms with Crippen molar-refractivity contribution in [3.8, 4) is 0 Å². The fourth-order valence-corrected chi connectivity index (χ4v) is 1.63. The zero-order valence-corrected chi connectivity index (χ0v) is 11.3. The number of benzene rings is 1. The van der Waals surface area contributed by atoms with Gasteiger partial charge in [0.05, 0.1) is 11.6 Å². The molecule has 2 nitrogen and oxygen atoms in total. The summed E-state index contributed by atoms with van der Waals surface area (Å²) in [6.07, 6.45) is -4.39. The van der Waals surface area contributed by atoms with Crippen LogP contribution in [-0.4, -0.2) is 11.8 Å². The molecule has 0 spiro atoms. The summed E-state index contributed by atoms with van der Waals surface area (Å²) < 4.78 is 37.7. The van der Waals surface area contributed by atoms with Crippen molar-refractivity contribution in [3.05, 3.63) is 35.4 Å². The van der Waals surface area contributed by atoms with Crippen LogP contribution < -0.4 is 5.32 Å². The Morgan fingerprint density at radius 3 is 2.53 bits per heavy atom. The fourth-order valence-electron chi connectivity index (χ4n) is 1.49. The van der Waals surface area contributed by atoms with Crippen LogP contribution in [0, 0.1) is 5.92 Å². The molecule has 106 valence electrons. The lowest BCUT2D eigenvalue weighted by Gasteiger charge is -2.18. The molecule has 0 aromatic heterocycles. The third kappa shape index (κ3) is 4.42. The molecule has 1 aromatic rings. The molecule has 0 saturated carbocycles. The predicted octanol–water partition coefficient (Wildman–Crippen LogP) is 3.76. The molecule has 0 saturated heterocycles. The number of rotatable bonds is 4.